The van der Waals surface area contributed by atoms with Crippen LogP contribution >= 0.6 is 0 Å². The molecule has 0 aliphatic carbocycles. The zero-order valence-electron chi connectivity index (χ0n) is 16.1. The van der Waals surface area contributed by atoms with E-state index in [1.807, 2.05) is 53.2 Å². The predicted octanol–water partition coefficient (Wildman–Crippen LogP) is 3.99. The van der Waals surface area contributed by atoms with Gasteiger partial charge in [0.2, 0.25) is 0 Å². The minimum atomic E-state index is 0.140. The molecule has 1 aliphatic rings. The molecule has 27 heavy (non-hydrogen) atoms. The lowest BCUT2D eigenvalue weighted by Gasteiger charge is -2.32. The van der Waals surface area contributed by atoms with Crippen LogP contribution < -0.4 is 0 Å². The third-order valence-electron chi connectivity index (χ3n) is 5.55. The Labute approximate surface area is 160 Å². The van der Waals surface area contributed by atoms with E-state index in [-0.39, 0.29) is 5.91 Å². The van der Waals surface area contributed by atoms with E-state index in [1.54, 1.807) is 0 Å². The molecule has 2 aromatic heterocycles. The van der Waals surface area contributed by atoms with Crippen molar-refractivity contribution < 1.29 is 4.79 Å². The maximum atomic E-state index is 13.2. The standard InChI is InChI=1S/C22H26N4O/c1-16-4-5-21-19(14-16)20(15-17(2)24-21)22(27)25-11-6-18(7-12-25)8-13-26-10-3-9-23-26/h3-5,9-10,14-15,18H,6-8,11-13H2,1-2H3. The Bertz CT molecular complexity index is 940. The molecule has 1 fully saturated rings. The molecule has 3 aromatic rings. The third kappa shape index (κ3) is 3.87. The van der Waals surface area contributed by atoms with Crippen LogP contribution in [0.4, 0.5) is 0 Å². The number of fused-ring (bicyclic) bond motifs is 1. The molecule has 0 atom stereocenters. The Balaban J connectivity index is 1.45. The molecule has 5 heteroatoms. The summed E-state index contributed by atoms with van der Waals surface area (Å²) in [5.41, 5.74) is 3.73. The van der Waals surface area contributed by atoms with E-state index in [0.717, 1.165) is 66.6 Å². The van der Waals surface area contributed by atoms with Crippen molar-refractivity contribution in [2.45, 2.75) is 39.7 Å². The van der Waals surface area contributed by atoms with Crippen LogP contribution in [0, 0.1) is 19.8 Å². The number of pyridine rings is 1. The molecule has 1 saturated heterocycles. The molecule has 3 heterocycles. The maximum Gasteiger partial charge on any atom is 0.254 e. The Hall–Kier alpha value is -2.69. The topological polar surface area (TPSA) is 51.0 Å². The van der Waals surface area contributed by atoms with Crippen molar-refractivity contribution in [2.24, 2.45) is 5.92 Å². The van der Waals surface area contributed by atoms with E-state index in [0.29, 0.717) is 5.92 Å². The summed E-state index contributed by atoms with van der Waals surface area (Å²) in [4.78, 5) is 19.8. The molecule has 0 bridgehead atoms. The van der Waals surface area contributed by atoms with Gasteiger partial charge in [-0.05, 0) is 63.3 Å². The maximum absolute atomic E-state index is 13.2. The van der Waals surface area contributed by atoms with Gasteiger partial charge in [-0.2, -0.15) is 5.10 Å². The van der Waals surface area contributed by atoms with Crippen molar-refractivity contribution in [3.63, 3.8) is 0 Å². The summed E-state index contributed by atoms with van der Waals surface area (Å²) in [5.74, 6) is 0.804. The van der Waals surface area contributed by atoms with Crippen molar-refractivity contribution >= 4 is 16.8 Å². The molecular formula is C22H26N4O. The highest BCUT2D eigenvalue weighted by Gasteiger charge is 2.25. The van der Waals surface area contributed by atoms with Gasteiger partial charge >= 0.3 is 0 Å². The van der Waals surface area contributed by atoms with Gasteiger partial charge in [-0.25, -0.2) is 0 Å². The number of hydrogen-bond acceptors (Lipinski definition) is 3. The number of aryl methyl sites for hydroxylation is 3. The summed E-state index contributed by atoms with van der Waals surface area (Å²) in [5, 5.41) is 5.24. The van der Waals surface area contributed by atoms with Crippen molar-refractivity contribution in [3.05, 3.63) is 59.5 Å². The van der Waals surface area contributed by atoms with Gasteiger partial charge in [0.25, 0.3) is 5.91 Å². The van der Waals surface area contributed by atoms with Crippen molar-refractivity contribution in [1.82, 2.24) is 19.7 Å². The number of rotatable bonds is 4. The molecule has 5 nitrogen and oxygen atoms in total. The minimum absolute atomic E-state index is 0.140. The molecule has 1 aliphatic heterocycles. The third-order valence-corrected chi connectivity index (χ3v) is 5.55. The highest BCUT2D eigenvalue weighted by atomic mass is 16.2. The molecule has 0 saturated carbocycles. The number of benzene rings is 1. The number of hydrogen-bond donors (Lipinski definition) is 0. The average Bonchev–Trinajstić information content (AvgIpc) is 3.19. The van der Waals surface area contributed by atoms with E-state index in [4.69, 9.17) is 0 Å². The van der Waals surface area contributed by atoms with E-state index >= 15 is 0 Å². The van der Waals surface area contributed by atoms with Crippen LogP contribution in [0.5, 0.6) is 0 Å². The minimum Gasteiger partial charge on any atom is -0.339 e. The largest absolute Gasteiger partial charge is 0.339 e. The molecule has 4 rings (SSSR count). The fourth-order valence-corrected chi connectivity index (χ4v) is 3.99. The number of likely N-dealkylation sites (tertiary alicyclic amines) is 1. The van der Waals surface area contributed by atoms with Gasteiger partial charge in [-0.3, -0.25) is 14.5 Å². The number of amides is 1. The first-order valence-electron chi connectivity index (χ1n) is 9.75. The van der Waals surface area contributed by atoms with Crippen LogP contribution in [0.1, 0.15) is 40.9 Å². The van der Waals surface area contributed by atoms with E-state index in [1.165, 1.54) is 0 Å². The van der Waals surface area contributed by atoms with Gasteiger partial charge in [0.05, 0.1) is 11.1 Å². The van der Waals surface area contributed by atoms with Crippen molar-refractivity contribution in [1.29, 1.82) is 0 Å². The lowest BCUT2D eigenvalue weighted by Crippen LogP contribution is -2.38. The lowest BCUT2D eigenvalue weighted by atomic mass is 9.93. The van der Waals surface area contributed by atoms with Gasteiger partial charge in [-0.1, -0.05) is 11.6 Å². The molecule has 1 amide bonds. The average molecular weight is 362 g/mol. The van der Waals surface area contributed by atoms with Crippen LogP contribution in [0.25, 0.3) is 10.9 Å². The summed E-state index contributed by atoms with van der Waals surface area (Å²) in [6, 6.07) is 10.0. The smallest absolute Gasteiger partial charge is 0.254 e. The lowest BCUT2D eigenvalue weighted by molar-refractivity contribution is 0.0686. The Morgan fingerprint density at radius 2 is 2.00 bits per heavy atom. The number of nitrogens with zero attached hydrogens (tertiary/aromatic N) is 4. The number of carbonyl (C=O) groups excluding carboxylic acids is 1. The van der Waals surface area contributed by atoms with Crippen LogP contribution in [-0.2, 0) is 6.54 Å². The van der Waals surface area contributed by atoms with Crippen LogP contribution in [0.15, 0.2) is 42.7 Å². The second-order valence-corrected chi connectivity index (χ2v) is 7.63. The first-order valence-corrected chi connectivity index (χ1v) is 9.75. The molecule has 140 valence electrons. The zero-order chi connectivity index (χ0) is 18.8. The highest BCUT2D eigenvalue weighted by Crippen LogP contribution is 2.26. The number of aromatic nitrogens is 3. The van der Waals surface area contributed by atoms with Crippen molar-refractivity contribution in [3.8, 4) is 0 Å². The van der Waals surface area contributed by atoms with Gasteiger partial charge < -0.3 is 4.90 Å². The molecule has 0 unspecified atom stereocenters. The molecule has 0 radical (unpaired) electrons. The summed E-state index contributed by atoms with van der Waals surface area (Å²) >= 11 is 0. The highest BCUT2D eigenvalue weighted by molar-refractivity contribution is 6.06. The SMILES string of the molecule is Cc1ccc2nc(C)cc(C(=O)N3CCC(CCn4cccn4)CC3)c2c1. The fraction of sp³-hybridized carbons (Fsp3) is 0.409. The van der Waals surface area contributed by atoms with Gasteiger partial charge in [0, 0.05) is 43.1 Å². The Kier molecular flexibility index (Phi) is 4.92. The first-order chi connectivity index (χ1) is 13.1. The Morgan fingerprint density at radius 3 is 2.74 bits per heavy atom. The van der Waals surface area contributed by atoms with E-state index in [2.05, 4.69) is 23.1 Å². The molecule has 1 aromatic carbocycles. The van der Waals surface area contributed by atoms with Crippen molar-refractivity contribution in [2.75, 3.05) is 13.1 Å². The van der Waals surface area contributed by atoms with Crippen LogP contribution in [0.2, 0.25) is 0 Å². The van der Waals surface area contributed by atoms with Crippen LogP contribution in [-0.4, -0.2) is 38.7 Å². The quantitative estimate of drug-likeness (QED) is 0.705. The number of piperidine rings is 1. The molecule has 0 N–H and O–H groups in total. The molecule has 0 spiro atoms. The predicted molar refractivity (Wildman–Crippen MR) is 107 cm³/mol. The van der Waals surface area contributed by atoms with Crippen LogP contribution in [0.3, 0.4) is 0 Å². The summed E-state index contributed by atoms with van der Waals surface area (Å²) in [6.07, 6.45) is 7.09. The first kappa shape index (κ1) is 17.7. The fourth-order valence-electron chi connectivity index (χ4n) is 3.99. The number of carbonyl (C=O) groups is 1. The Morgan fingerprint density at radius 1 is 1.19 bits per heavy atom. The summed E-state index contributed by atoms with van der Waals surface area (Å²) < 4.78 is 1.99. The second-order valence-electron chi connectivity index (χ2n) is 7.63. The summed E-state index contributed by atoms with van der Waals surface area (Å²) in [6.45, 7) is 6.63. The summed E-state index contributed by atoms with van der Waals surface area (Å²) in [7, 11) is 0. The second kappa shape index (κ2) is 7.51. The normalized spacial score (nSPS) is 15.4. The monoisotopic (exact) mass is 362 g/mol. The van der Waals surface area contributed by atoms with Gasteiger partial charge in [0.15, 0.2) is 0 Å². The van der Waals surface area contributed by atoms with E-state index in [9.17, 15) is 4.79 Å². The van der Waals surface area contributed by atoms with Gasteiger partial charge in [-0.15, -0.1) is 0 Å². The van der Waals surface area contributed by atoms with E-state index < -0.39 is 0 Å². The van der Waals surface area contributed by atoms with Gasteiger partial charge in [0.1, 0.15) is 0 Å². The molecular weight excluding hydrogens is 336 g/mol. The zero-order valence-corrected chi connectivity index (χ0v) is 16.1.